The summed E-state index contributed by atoms with van der Waals surface area (Å²) < 4.78 is 5.87. The Morgan fingerprint density at radius 2 is 1.83 bits per heavy atom. The molecule has 516 valence electrons. The Labute approximate surface area is 452 Å². The number of nitrogens with zero attached hydrogens (tertiary/aromatic N) is 1. The SMILES string of the molecule is CCN(C(C)C#CC(C)OC(=O)C(O)(c1ccc(C)c(C)c1)C1CCCC(C)C1C)C(C)(C)CC.[HH].[HH].[HH].[HH].[HH].[HH].[HH].[HH].[HH].[HH].[HH].[HH].[HH].[HH].[HH].[HH].[HH].[HH].[HH].[HH].[HH].[HH].[HH].[HH].[HH].[HH].[HH].[HH].[HH].[HH].[HH].[HH].[HH].[HH].[HH].[HH].[HH].[HH].[HH].[HH].[HH].[HH].[HH].[HH].[HH].[HH].[HH].[HH].[HH].[HH].[HH].[HH].[HH].[HH].[HH].[HH].[HH].[HH].[HH].[HH].[HH].[HH].[HH].[HH].[HH].[HH].[HH].[HH].[HH].[HH].[HH].[HH].[HH].[HH].[HH].[HH].[HH].[HH].[HH].[HH].[HH].[HH].[HH].[HH].[HH].[HH].[HH].[HH].[HH].[HH].[HH].[HH].[HH].[HH].[HH].[HH].[HH].[HH].[HH].[HH].[HH].[HH].[HH].[HH].[HH].[HH].[HH].[HH].[HH].[HH].[HH].[HH].[HH].[HH].[HH].[HH].[HH].[HH].[HH].[HH].[HH].[HH].[HH].[HH].[HH].[HH].[HH].[HH].[HH].[HH].[HH].[HH].[HH].[HH].[HH].[HH].[HH].[HH].[HH].[HH].[HH].[HH].[HH].[HH].[HH].[HH].[HH].[HH].[HH].[HH].[HH].[HH].[HH].[HH].[HH].[HH].[HH].[HH].[HH].[HH]. The maximum absolute atomic E-state index is 13.7. The van der Waals surface area contributed by atoms with Gasteiger partial charge < -0.3 is 9.84 Å². The van der Waals surface area contributed by atoms with Crippen molar-refractivity contribution in [3.05, 3.63) is 34.9 Å². The van der Waals surface area contributed by atoms with E-state index < -0.39 is 17.7 Å². The third kappa shape index (κ3) is 6.49. The van der Waals surface area contributed by atoms with Crippen molar-refractivity contribution >= 4 is 5.97 Å². The highest BCUT2D eigenvalue weighted by Crippen LogP contribution is 2.46. The minimum Gasteiger partial charge on any atom is -0.447 e. The van der Waals surface area contributed by atoms with E-state index in [0.717, 1.165) is 43.4 Å². The van der Waals surface area contributed by atoms with Crippen molar-refractivity contribution in [3.63, 3.8) is 0 Å². The number of carbonyl (C=O) groups excluding carboxylic acids is 1. The van der Waals surface area contributed by atoms with Gasteiger partial charge in [-0.3, -0.25) is 4.90 Å². The zero-order chi connectivity index (χ0) is 26.6. The lowest BCUT2D eigenvalue weighted by molar-refractivity contribution is -0.182. The van der Waals surface area contributed by atoms with Gasteiger partial charge in [0.1, 0.15) is 0 Å². The van der Waals surface area contributed by atoms with Crippen LogP contribution in [0.25, 0.3) is 0 Å². The second-order valence-electron chi connectivity index (χ2n) is 11.4. The van der Waals surface area contributed by atoms with Crippen LogP contribution in [0, 0.1) is 43.4 Å². The molecule has 1 aromatic carbocycles. The van der Waals surface area contributed by atoms with E-state index in [1.807, 2.05) is 32.0 Å². The Morgan fingerprint density at radius 3 is 2.40 bits per heavy atom. The van der Waals surface area contributed by atoms with Gasteiger partial charge in [-0.25, -0.2) is 4.79 Å². The predicted octanol–water partition coefficient (Wildman–Crippen LogP) is 45.8. The molecule has 0 radical (unpaired) electrons. The lowest BCUT2D eigenvalue weighted by atomic mass is 9.64. The van der Waals surface area contributed by atoms with E-state index in [4.69, 9.17) is 4.74 Å². The van der Waals surface area contributed by atoms with E-state index in [9.17, 15) is 9.90 Å². The van der Waals surface area contributed by atoms with Crippen LogP contribution in [0.5, 0.6) is 0 Å². The van der Waals surface area contributed by atoms with Gasteiger partial charge in [-0.15, -0.1) is 0 Å². The molecule has 0 heterocycles. The Hall–Kier alpha value is -1.83. The number of carbonyl (C=O) groups is 1. The lowest BCUT2D eigenvalue weighted by Gasteiger charge is -2.43. The number of ether oxygens (including phenoxy) is 1. The molecule has 0 aromatic heterocycles. The summed E-state index contributed by atoms with van der Waals surface area (Å²) in [5, 5.41) is 12.1. The molecule has 2 rings (SSSR count). The number of aliphatic hydroxyl groups is 1. The molecular weight excluding hydrogens is 434 g/mol. The number of aryl methyl sites for hydroxylation is 2. The first-order chi connectivity index (χ1) is 16.3. The molecule has 0 aliphatic heterocycles. The number of benzene rings is 1. The zero-order valence-corrected chi connectivity index (χ0v) is 23.9. The van der Waals surface area contributed by atoms with E-state index in [2.05, 4.69) is 65.2 Å². The monoisotopic (exact) mass is 806 g/mol. The minimum atomic E-state index is -1.69. The Morgan fingerprint density at radius 1 is 1.17 bits per heavy atom. The summed E-state index contributed by atoms with van der Waals surface area (Å²) in [6, 6.07) is 5.86. The van der Waals surface area contributed by atoms with Crippen LogP contribution in [-0.2, 0) is 15.1 Å². The van der Waals surface area contributed by atoms with E-state index in [1.165, 1.54) is 0 Å². The number of rotatable bonds is 8. The Bertz CT molecular complexity index is 1060. The first-order valence-corrected chi connectivity index (χ1v) is 13.6. The highest BCUT2D eigenvalue weighted by Gasteiger charge is 2.51. The molecule has 1 aromatic rings. The zero-order valence-electron chi connectivity index (χ0n) is 23.9. The van der Waals surface area contributed by atoms with Crippen molar-refractivity contribution in [2.75, 3.05) is 6.54 Å². The van der Waals surface area contributed by atoms with Crippen molar-refractivity contribution in [3.8, 4) is 11.8 Å². The van der Waals surface area contributed by atoms with E-state index >= 15 is 0 Å². The summed E-state index contributed by atoms with van der Waals surface area (Å²) in [6.45, 7) is 22.0. The van der Waals surface area contributed by atoms with Crippen LogP contribution in [0.2, 0.25) is 0 Å². The molecule has 35 heavy (non-hydrogen) atoms. The standard InChI is InChI=1S/C31H49NO3.160H2/c1-11-30(9,10)32(12-2)24(6)17-18-25(7)35-29(33)31(34,27-19-16-21(3)23(5)20-27)28-15-13-14-22(4)26(28)8;;;;;;;;;;;;;;;;;;;;;;;;;;;;;;;;;;;;;;;;;;;;;;;;;;;;;;;;;;;;;;;;;;;;;;;;;;;;;;;;;;;;;;;;;;;;;;;;;;;;;;;;;;;;;;;;;;;;;;;;;;;;;;;;;;;;;;;;;;;;;;;;;;;;;;;;;;;;;;;;/h16,19-20,22,24-26,28,34H,11-15H2,1-10H3;160*1H. The van der Waals surface area contributed by atoms with E-state index in [0.29, 0.717) is 11.5 Å². The molecule has 1 aliphatic rings. The average molecular weight is 806 g/mol. The molecule has 4 heteroatoms. The van der Waals surface area contributed by atoms with Crippen LogP contribution < -0.4 is 0 Å². The van der Waals surface area contributed by atoms with Gasteiger partial charge in [-0.1, -0.05) is 70.6 Å². The summed E-state index contributed by atoms with van der Waals surface area (Å²) >= 11 is 0. The Balaban J connectivity index is -0.000000000516. The van der Waals surface area contributed by atoms with Crippen LogP contribution in [0.15, 0.2) is 18.2 Å². The normalized spacial score (nSPS) is 24.2. The van der Waals surface area contributed by atoms with Gasteiger partial charge in [0.05, 0.1) is 6.04 Å². The van der Waals surface area contributed by atoms with Gasteiger partial charge in [-0.2, -0.15) is 0 Å². The van der Waals surface area contributed by atoms with E-state index in [-0.39, 0.29) is 252 Å². The van der Waals surface area contributed by atoms with Gasteiger partial charge >= 0.3 is 5.97 Å². The van der Waals surface area contributed by atoms with Crippen molar-refractivity contribution < 1.29 is 243 Å². The van der Waals surface area contributed by atoms with Crippen LogP contribution in [0.1, 0.15) is 326 Å². The molecule has 1 aliphatic carbocycles. The van der Waals surface area contributed by atoms with Gasteiger partial charge in [0, 0.05) is 240 Å². The quantitative estimate of drug-likeness (QED) is 0.210. The number of hydrogen-bond donors (Lipinski definition) is 1. The fourth-order valence-electron chi connectivity index (χ4n) is 5.66. The van der Waals surface area contributed by atoms with Crippen molar-refractivity contribution in [2.24, 2.45) is 17.8 Å². The highest BCUT2D eigenvalue weighted by molar-refractivity contribution is 5.82. The predicted molar refractivity (Wildman–Crippen MR) is 483 cm³/mol. The molecule has 1 fully saturated rings. The van der Waals surface area contributed by atoms with Crippen molar-refractivity contribution in [1.29, 1.82) is 0 Å². The largest absolute Gasteiger partial charge is 0.447 e. The summed E-state index contributed by atoms with van der Waals surface area (Å²) in [6.07, 6.45) is 3.35. The summed E-state index contributed by atoms with van der Waals surface area (Å²) in [7, 11) is 0. The van der Waals surface area contributed by atoms with E-state index in [1.54, 1.807) is 6.92 Å². The summed E-state index contributed by atoms with van der Waals surface area (Å²) in [4.78, 5) is 16.1. The van der Waals surface area contributed by atoms with Gasteiger partial charge in [-0.05, 0) is 89.5 Å². The lowest BCUT2D eigenvalue weighted by Crippen LogP contribution is -2.50. The smallest absolute Gasteiger partial charge is 0.344 e. The molecular formula is C31H369NO3. The maximum atomic E-state index is 13.7. The summed E-state index contributed by atoms with van der Waals surface area (Å²) in [5.74, 6) is 6.32. The van der Waals surface area contributed by atoms with Gasteiger partial charge in [0.2, 0.25) is 0 Å². The van der Waals surface area contributed by atoms with Crippen LogP contribution >= 0.6 is 0 Å². The molecule has 0 spiro atoms. The topological polar surface area (TPSA) is 49.8 Å². The fourth-order valence-corrected chi connectivity index (χ4v) is 5.66. The van der Waals surface area contributed by atoms with Crippen molar-refractivity contribution in [2.45, 2.75) is 118 Å². The second kappa shape index (κ2) is 11.9. The molecule has 4 nitrogen and oxygen atoms in total. The molecule has 6 atom stereocenters. The molecule has 0 bridgehead atoms. The third-order valence-electron chi connectivity index (χ3n) is 8.73. The molecule has 1 saturated carbocycles. The first-order valence-electron chi connectivity index (χ1n) is 13.6. The number of hydrogen-bond acceptors (Lipinski definition) is 4. The van der Waals surface area contributed by atoms with Crippen LogP contribution in [-0.4, -0.2) is 40.2 Å². The van der Waals surface area contributed by atoms with Gasteiger partial charge in [0.15, 0.2) is 11.7 Å². The molecule has 6 unspecified atom stereocenters. The Kier molecular flexibility index (Phi) is 10.0. The van der Waals surface area contributed by atoms with Crippen molar-refractivity contribution in [1.82, 2.24) is 4.90 Å². The molecule has 0 saturated heterocycles. The molecule has 0 amide bonds. The second-order valence-corrected chi connectivity index (χ2v) is 11.4. The maximum Gasteiger partial charge on any atom is 0.344 e. The van der Waals surface area contributed by atoms with Crippen LogP contribution in [0.3, 0.4) is 0 Å². The van der Waals surface area contributed by atoms with Gasteiger partial charge in [0.25, 0.3) is 0 Å². The fraction of sp³-hybridized carbons (Fsp3) is 0.710. The molecule has 1 N–H and O–H groups in total. The van der Waals surface area contributed by atoms with Crippen LogP contribution in [0.4, 0.5) is 0 Å². The highest BCUT2D eigenvalue weighted by atomic mass is 16.6. The number of esters is 1. The minimum absolute atomic E-state index is 0. The third-order valence-corrected chi connectivity index (χ3v) is 8.73. The average Bonchev–Trinajstić information content (AvgIpc) is 2.81. The summed E-state index contributed by atoms with van der Waals surface area (Å²) in [5.41, 5.74) is 1.18. The first kappa shape index (κ1) is 29.4.